The Balaban J connectivity index is 2.70. The topological polar surface area (TPSA) is 72.2 Å². The molecule has 4 heteroatoms. The normalized spacial score (nSPS) is 13.9. The summed E-state index contributed by atoms with van der Waals surface area (Å²) in [6, 6.07) is 6.61. The maximum atomic E-state index is 11.7. The fourth-order valence-corrected chi connectivity index (χ4v) is 1.28. The molecule has 2 unspecified atom stereocenters. The maximum absolute atomic E-state index is 11.7. The van der Waals surface area contributed by atoms with Crippen molar-refractivity contribution in [3.05, 3.63) is 29.8 Å². The molecule has 0 spiro atoms. The Morgan fingerprint density at radius 1 is 1.18 bits per heavy atom. The number of amides is 1. The number of hydrogen-bond acceptors (Lipinski definition) is 3. The summed E-state index contributed by atoms with van der Waals surface area (Å²) >= 11 is 0. The monoisotopic (exact) mass is 234 g/mol. The van der Waals surface area contributed by atoms with E-state index in [1.807, 2.05) is 0 Å². The lowest BCUT2D eigenvalue weighted by molar-refractivity contribution is -0.119. The van der Waals surface area contributed by atoms with Crippen molar-refractivity contribution >= 4 is 17.4 Å². The second-order valence-corrected chi connectivity index (χ2v) is 4.27. The van der Waals surface area contributed by atoms with E-state index in [1.54, 1.807) is 38.1 Å². The molecule has 1 rings (SSSR count). The van der Waals surface area contributed by atoms with E-state index >= 15 is 0 Å². The highest BCUT2D eigenvalue weighted by Crippen LogP contribution is 2.12. The Morgan fingerprint density at radius 3 is 2.12 bits per heavy atom. The molecule has 0 aliphatic carbocycles. The van der Waals surface area contributed by atoms with Gasteiger partial charge in [0, 0.05) is 17.3 Å². The molecule has 92 valence electrons. The van der Waals surface area contributed by atoms with Crippen molar-refractivity contribution in [2.45, 2.75) is 26.8 Å². The molecule has 3 N–H and O–H groups in total. The second kappa shape index (κ2) is 5.59. The zero-order valence-corrected chi connectivity index (χ0v) is 10.4. The van der Waals surface area contributed by atoms with Gasteiger partial charge in [-0.05, 0) is 38.1 Å². The summed E-state index contributed by atoms with van der Waals surface area (Å²) in [5.74, 6) is -0.357. The van der Waals surface area contributed by atoms with E-state index in [-0.39, 0.29) is 23.7 Å². The number of ketones is 1. The van der Waals surface area contributed by atoms with E-state index in [1.165, 1.54) is 6.92 Å². The Morgan fingerprint density at radius 2 is 1.71 bits per heavy atom. The Labute approximate surface area is 101 Å². The van der Waals surface area contributed by atoms with Gasteiger partial charge in [0.15, 0.2) is 5.78 Å². The highest BCUT2D eigenvalue weighted by atomic mass is 16.2. The van der Waals surface area contributed by atoms with E-state index < -0.39 is 0 Å². The molecule has 1 aromatic rings. The van der Waals surface area contributed by atoms with Crippen LogP contribution in [0.5, 0.6) is 0 Å². The number of carbonyl (C=O) groups is 2. The van der Waals surface area contributed by atoms with E-state index in [2.05, 4.69) is 5.32 Å². The van der Waals surface area contributed by atoms with Crippen molar-refractivity contribution in [2.24, 2.45) is 11.7 Å². The first-order chi connectivity index (χ1) is 7.91. The van der Waals surface area contributed by atoms with Crippen molar-refractivity contribution in [3.8, 4) is 0 Å². The molecule has 0 saturated heterocycles. The highest BCUT2D eigenvalue weighted by Gasteiger charge is 2.16. The number of Topliss-reactive ketones (excluding diaryl/α,β-unsaturated/α-hetero) is 1. The number of benzene rings is 1. The van der Waals surface area contributed by atoms with Gasteiger partial charge in [-0.1, -0.05) is 6.92 Å². The van der Waals surface area contributed by atoms with Gasteiger partial charge in [-0.25, -0.2) is 0 Å². The molecule has 2 atom stereocenters. The van der Waals surface area contributed by atoms with E-state index in [0.717, 1.165) is 0 Å². The lowest BCUT2D eigenvalue weighted by atomic mass is 10.0. The van der Waals surface area contributed by atoms with E-state index in [0.29, 0.717) is 11.3 Å². The minimum atomic E-state index is -0.248. The molecule has 1 aromatic carbocycles. The lowest BCUT2D eigenvalue weighted by Crippen LogP contribution is -2.34. The minimum Gasteiger partial charge on any atom is -0.327 e. The molecule has 0 heterocycles. The molecule has 0 bridgehead atoms. The van der Waals surface area contributed by atoms with Crippen molar-refractivity contribution in [2.75, 3.05) is 5.32 Å². The number of nitrogens with two attached hydrogens (primary N) is 1. The average Bonchev–Trinajstić information content (AvgIpc) is 2.28. The van der Waals surface area contributed by atoms with Gasteiger partial charge in [-0.2, -0.15) is 0 Å². The zero-order valence-electron chi connectivity index (χ0n) is 10.4. The second-order valence-electron chi connectivity index (χ2n) is 4.27. The predicted molar refractivity (Wildman–Crippen MR) is 67.9 cm³/mol. The van der Waals surface area contributed by atoms with Crippen LogP contribution in [0.15, 0.2) is 24.3 Å². The van der Waals surface area contributed by atoms with Crippen LogP contribution in [0.1, 0.15) is 31.1 Å². The molecule has 0 fully saturated rings. The molecule has 4 nitrogen and oxygen atoms in total. The van der Waals surface area contributed by atoms with Crippen molar-refractivity contribution in [1.29, 1.82) is 0 Å². The van der Waals surface area contributed by atoms with Crippen LogP contribution in [0.2, 0.25) is 0 Å². The third-order valence-electron chi connectivity index (χ3n) is 2.76. The summed E-state index contributed by atoms with van der Waals surface area (Å²) in [5, 5.41) is 2.76. The standard InChI is InChI=1S/C13H18N2O2/c1-8(9(2)14)13(17)15-12-6-4-11(5-7-12)10(3)16/h4-9H,14H2,1-3H3,(H,15,17). The van der Waals surface area contributed by atoms with Crippen molar-refractivity contribution in [3.63, 3.8) is 0 Å². The van der Waals surface area contributed by atoms with E-state index in [4.69, 9.17) is 5.73 Å². The van der Waals surface area contributed by atoms with E-state index in [9.17, 15) is 9.59 Å². The van der Waals surface area contributed by atoms with Crippen LogP contribution < -0.4 is 11.1 Å². The first-order valence-electron chi connectivity index (χ1n) is 5.59. The molecule has 0 aliphatic heterocycles. The van der Waals surface area contributed by atoms with Gasteiger partial charge < -0.3 is 11.1 Å². The number of nitrogens with one attached hydrogen (secondary N) is 1. The number of carbonyl (C=O) groups excluding carboxylic acids is 2. The molecule has 0 radical (unpaired) electrons. The fraction of sp³-hybridized carbons (Fsp3) is 0.385. The number of rotatable bonds is 4. The minimum absolute atomic E-state index is 0.00632. The summed E-state index contributed by atoms with van der Waals surface area (Å²) in [7, 11) is 0. The van der Waals surface area contributed by atoms with Crippen LogP contribution in [0.25, 0.3) is 0 Å². The quantitative estimate of drug-likeness (QED) is 0.780. The van der Waals surface area contributed by atoms with Crippen molar-refractivity contribution in [1.82, 2.24) is 0 Å². The van der Waals surface area contributed by atoms with Gasteiger partial charge in [0.2, 0.25) is 5.91 Å². The molecule has 0 aromatic heterocycles. The van der Waals surface area contributed by atoms with Crippen LogP contribution in [-0.4, -0.2) is 17.7 Å². The van der Waals surface area contributed by atoms with Gasteiger partial charge in [-0.15, -0.1) is 0 Å². The molecule has 0 aliphatic rings. The average molecular weight is 234 g/mol. The van der Waals surface area contributed by atoms with Crippen LogP contribution in [-0.2, 0) is 4.79 Å². The fourth-order valence-electron chi connectivity index (χ4n) is 1.28. The third-order valence-corrected chi connectivity index (χ3v) is 2.76. The third kappa shape index (κ3) is 3.67. The SMILES string of the molecule is CC(=O)c1ccc(NC(=O)C(C)C(C)N)cc1. The molecule has 17 heavy (non-hydrogen) atoms. The highest BCUT2D eigenvalue weighted by molar-refractivity contribution is 5.96. The lowest BCUT2D eigenvalue weighted by Gasteiger charge is -2.15. The maximum Gasteiger partial charge on any atom is 0.228 e. The summed E-state index contributed by atoms with van der Waals surface area (Å²) in [5.41, 5.74) is 6.95. The van der Waals surface area contributed by atoms with Gasteiger partial charge in [-0.3, -0.25) is 9.59 Å². The predicted octanol–water partition coefficient (Wildman–Crippen LogP) is 1.81. The van der Waals surface area contributed by atoms with Gasteiger partial charge in [0.1, 0.15) is 0 Å². The summed E-state index contributed by atoms with van der Waals surface area (Å²) in [6.45, 7) is 5.08. The summed E-state index contributed by atoms with van der Waals surface area (Å²) in [6.07, 6.45) is 0. The largest absolute Gasteiger partial charge is 0.327 e. The molecular formula is C13H18N2O2. The van der Waals surface area contributed by atoms with Crippen LogP contribution >= 0.6 is 0 Å². The Kier molecular flexibility index (Phi) is 4.40. The first-order valence-corrected chi connectivity index (χ1v) is 5.59. The van der Waals surface area contributed by atoms with Gasteiger partial charge in [0.05, 0.1) is 5.92 Å². The molecule has 1 amide bonds. The Bertz CT molecular complexity index is 410. The molecular weight excluding hydrogens is 216 g/mol. The van der Waals surface area contributed by atoms with Crippen LogP contribution in [0, 0.1) is 5.92 Å². The Hall–Kier alpha value is -1.68. The summed E-state index contributed by atoms with van der Waals surface area (Å²) < 4.78 is 0. The smallest absolute Gasteiger partial charge is 0.228 e. The van der Waals surface area contributed by atoms with Crippen LogP contribution in [0.3, 0.4) is 0 Å². The summed E-state index contributed by atoms with van der Waals surface area (Å²) in [4.78, 5) is 22.8. The van der Waals surface area contributed by atoms with Crippen LogP contribution in [0.4, 0.5) is 5.69 Å². The first kappa shape index (κ1) is 13.4. The number of anilines is 1. The van der Waals surface area contributed by atoms with Crippen molar-refractivity contribution < 1.29 is 9.59 Å². The zero-order chi connectivity index (χ0) is 13.0. The van der Waals surface area contributed by atoms with Gasteiger partial charge in [0.25, 0.3) is 0 Å². The number of hydrogen-bond donors (Lipinski definition) is 2. The molecule has 0 saturated carbocycles. The van der Waals surface area contributed by atoms with Gasteiger partial charge >= 0.3 is 0 Å².